The van der Waals surface area contributed by atoms with Gasteiger partial charge in [0.1, 0.15) is 12.7 Å². The molecule has 0 aliphatic heterocycles. The Balaban J connectivity index is 1.91. The van der Waals surface area contributed by atoms with E-state index in [0.717, 1.165) is 12.8 Å². The van der Waals surface area contributed by atoms with Gasteiger partial charge in [-0.05, 0) is 31.7 Å². The maximum atomic E-state index is 11.9. The average molecular weight is 288 g/mol. The summed E-state index contributed by atoms with van der Waals surface area (Å²) in [5.74, 6) is 5.38. The highest BCUT2D eigenvalue weighted by Crippen LogP contribution is 2.22. The molecule has 2 rings (SSSR count). The van der Waals surface area contributed by atoms with Gasteiger partial charge in [-0.3, -0.25) is 4.79 Å². The molecule has 1 aliphatic rings. The van der Waals surface area contributed by atoms with Gasteiger partial charge in [0.2, 0.25) is 5.88 Å². The van der Waals surface area contributed by atoms with Crippen molar-refractivity contribution in [3.63, 3.8) is 0 Å². The molecular formula is C16H20N2O3. The van der Waals surface area contributed by atoms with Crippen molar-refractivity contribution in [1.82, 2.24) is 10.3 Å². The number of rotatable bonds is 4. The fourth-order valence-corrected chi connectivity index (χ4v) is 2.31. The van der Waals surface area contributed by atoms with Gasteiger partial charge in [0, 0.05) is 17.8 Å². The van der Waals surface area contributed by atoms with Crippen LogP contribution in [0.25, 0.3) is 0 Å². The minimum absolute atomic E-state index is 0.204. The smallest absolute Gasteiger partial charge is 0.252 e. The molecule has 0 saturated heterocycles. The average Bonchev–Trinajstić information content (AvgIpc) is 2.53. The molecule has 1 heterocycles. The van der Waals surface area contributed by atoms with Gasteiger partial charge < -0.3 is 15.2 Å². The van der Waals surface area contributed by atoms with Crippen molar-refractivity contribution in [1.29, 1.82) is 0 Å². The van der Waals surface area contributed by atoms with Gasteiger partial charge in [0.25, 0.3) is 5.91 Å². The van der Waals surface area contributed by atoms with Crippen LogP contribution < -0.4 is 10.1 Å². The number of aromatic nitrogens is 1. The first-order valence-corrected chi connectivity index (χ1v) is 7.27. The summed E-state index contributed by atoms with van der Waals surface area (Å²) >= 11 is 0. The third kappa shape index (κ3) is 5.09. The lowest BCUT2D eigenvalue weighted by Crippen LogP contribution is -2.24. The number of ether oxygens (including phenoxy) is 1. The molecule has 0 bridgehead atoms. The molecule has 0 atom stereocenters. The molecule has 5 heteroatoms. The Labute approximate surface area is 124 Å². The number of aliphatic hydroxyl groups is 1. The number of carbonyl (C=O) groups excluding carboxylic acids is 1. The second-order valence-corrected chi connectivity index (χ2v) is 4.95. The first-order valence-electron chi connectivity index (χ1n) is 7.27. The lowest BCUT2D eigenvalue weighted by molar-refractivity contribution is 0.0956. The Morgan fingerprint density at radius 1 is 1.38 bits per heavy atom. The van der Waals surface area contributed by atoms with Crippen LogP contribution >= 0.6 is 0 Å². The van der Waals surface area contributed by atoms with Gasteiger partial charge >= 0.3 is 0 Å². The van der Waals surface area contributed by atoms with Crippen molar-refractivity contribution < 1.29 is 14.6 Å². The number of amides is 1. The molecule has 1 saturated carbocycles. The zero-order valence-electron chi connectivity index (χ0n) is 12.0. The van der Waals surface area contributed by atoms with Gasteiger partial charge in [-0.2, -0.15) is 0 Å². The third-order valence-electron chi connectivity index (χ3n) is 3.38. The molecule has 2 N–H and O–H groups in total. The summed E-state index contributed by atoms with van der Waals surface area (Å²) in [6.07, 6.45) is 7.53. The van der Waals surface area contributed by atoms with Crippen LogP contribution in [-0.4, -0.2) is 35.3 Å². The molecule has 5 nitrogen and oxygen atoms in total. The molecule has 1 fully saturated rings. The number of aliphatic hydroxyl groups excluding tert-OH is 1. The Morgan fingerprint density at radius 3 is 2.95 bits per heavy atom. The number of hydrogen-bond donors (Lipinski definition) is 2. The van der Waals surface area contributed by atoms with Crippen molar-refractivity contribution in [2.24, 2.45) is 0 Å². The molecule has 1 amide bonds. The van der Waals surface area contributed by atoms with E-state index in [-0.39, 0.29) is 25.2 Å². The molecular weight excluding hydrogens is 268 g/mol. The Morgan fingerprint density at radius 2 is 2.19 bits per heavy atom. The summed E-state index contributed by atoms with van der Waals surface area (Å²) in [7, 11) is 0. The second-order valence-electron chi connectivity index (χ2n) is 4.95. The summed E-state index contributed by atoms with van der Waals surface area (Å²) in [4.78, 5) is 16.1. The molecule has 112 valence electrons. The Hall–Kier alpha value is -2.06. The number of hydrogen-bond acceptors (Lipinski definition) is 4. The van der Waals surface area contributed by atoms with E-state index < -0.39 is 0 Å². The van der Waals surface area contributed by atoms with Gasteiger partial charge in [0.15, 0.2) is 0 Å². The normalized spacial score (nSPS) is 14.9. The van der Waals surface area contributed by atoms with Crippen molar-refractivity contribution in [2.75, 3.05) is 13.2 Å². The zero-order valence-corrected chi connectivity index (χ0v) is 12.0. The van der Waals surface area contributed by atoms with Gasteiger partial charge in [0.05, 0.1) is 6.54 Å². The van der Waals surface area contributed by atoms with E-state index >= 15 is 0 Å². The lowest BCUT2D eigenvalue weighted by Gasteiger charge is -2.22. The van der Waals surface area contributed by atoms with Crippen molar-refractivity contribution in [2.45, 2.75) is 38.2 Å². The molecule has 0 radical (unpaired) electrons. The highest BCUT2D eigenvalue weighted by molar-refractivity contribution is 5.94. The molecule has 0 spiro atoms. The zero-order chi connectivity index (χ0) is 14.9. The summed E-state index contributed by atoms with van der Waals surface area (Å²) in [6, 6.07) is 3.30. The first kappa shape index (κ1) is 15.3. The van der Waals surface area contributed by atoms with E-state index in [0.29, 0.717) is 11.4 Å². The maximum Gasteiger partial charge on any atom is 0.252 e. The SMILES string of the molecule is O=C(NCC#CCO)c1ccnc(OC2CCCCC2)c1. The summed E-state index contributed by atoms with van der Waals surface area (Å²) in [6.45, 7) is 0.00500. The highest BCUT2D eigenvalue weighted by atomic mass is 16.5. The van der Waals surface area contributed by atoms with E-state index in [1.807, 2.05) is 0 Å². The Bertz CT molecular complexity index is 528. The van der Waals surface area contributed by atoms with Crippen LogP contribution in [0, 0.1) is 11.8 Å². The van der Waals surface area contributed by atoms with Crippen LogP contribution in [0.1, 0.15) is 42.5 Å². The van der Waals surface area contributed by atoms with Crippen molar-refractivity contribution in [3.8, 4) is 17.7 Å². The Kier molecular flexibility index (Phi) is 6.04. The lowest BCUT2D eigenvalue weighted by atomic mass is 9.98. The summed E-state index contributed by atoms with van der Waals surface area (Å²) < 4.78 is 5.84. The maximum absolute atomic E-state index is 11.9. The number of carbonyl (C=O) groups is 1. The fourth-order valence-electron chi connectivity index (χ4n) is 2.31. The van der Waals surface area contributed by atoms with E-state index in [1.54, 1.807) is 18.3 Å². The van der Waals surface area contributed by atoms with Crippen LogP contribution in [0.15, 0.2) is 18.3 Å². The minimum Gasteiger partial charge on any atom is -0.474 e. The number of nitrogens with zero attached hydrogens (tertiary/aromatic N) is 1. The van der Waals surface area contributed by atoms with Crippen LogP contribution in [0.5, 0.6) is 5.88 Å². The molecule has 0 unspecified atom stereocenters. The molecule has 21 heavy (non-hydrogen) atoms. The number of nitrogens with one attached hydrogen (secondary N) is 1. The van der Waals surface area contributed by atoms with Crippen LogP contribution in [-0.2, 0) is 0 Å². The quantitative estimate of drug-likeness (QED) is 0.824. The third-order valence-corrected chi connectivity index (χ3v) is 3.38. The molecule has 1 aromatic heterocycles. The van der Waals surface area contributed by atoms with Crippen molar-refractivity contribution >= 4 is 5.91 Å². The van der Waals surface area contributed by atoms with Crippen LogP contribution in [0.4, 0.5) is 0 Å². The van der Waals surface area contributed by atoms with Crippen LogP contribution in [0.3, 0.4) is 0 Å². The first-order chi connectivity index (χ1) is 10.3. The summed E-state index contributed by atoms with van der Waals surface area (Å²) in [5, 5.41) is 11.2. The fraction of sp³-hybridized carbons (Fsp3) is 0.500. The predicted octanol–water partition coefficient (Wildman–Crippen LogP) is 1.52. The van der Waals surface area contributed by atoms with E-state index in [2.05, 4.69) is 22.1 Å². The van der Waals surface area contributed by atoms with Gasteiger partial charge in [-0.1, -0.05) is 18.3 Å². The van der Waals surface area contributed by atoms with Crippen LogP contribution in [0.2, 0.25) is 0 Å². The van der Waals surface area contributed by atoms with E-state index in [9.17, 15) is 4.79 Å². The largest absolute Gasteiger partial charge is 0.474 e. The second kappa shape index (κ2) is 8.28. The minimum atomic E-state index is -0.224. The molecule has 1 aliphatic carbocycles. The number of pyridine rings is 1. The molecule has 0 aromatic carbocycles. The predicted molar refractivity (Wildman–Crippen MR) is 78.9 cm³/mol. The van der Waals surface area contributed by atoms with Gasteiger partial charge in [-0.25, -0.2) is 4.98 Å². The monoisotopic (exact) mass is 288 g/mol. The van der Waals surface area contributed by atoms with E-state index in [1.165, 1.54) is 19.3 Å². The highest BCUT2D eigenvalue weighted by Gasteiger charge is 2.16. The van der Waals surface area contributed by atoms with E-state index in [4.69, 9.17) is 9.84 Å². The molecule has 1 aromatic rings. The summed E-state index contributed by atoms with van der Waals surface area (Å²) in [5.41, 5.74) is 0.501. The van der Waals surface area contributed by atoms with Crippen molar-refractivity contribution in [3.05, 3.63) is 23.9 Å². The topological polar surface area (TPSA) is 71.5 Å². The van der Waals surface area contributed by atoms with Gasteiger partial charge in [-0.15, -0.1) is 0 Å². The standard InChI is InChI=1S/C16H20N2O3/c19-11-5-4-9-18-16(20)13-8-10-17-15(12-13)21-14-6-2-1-3-7-14/h8,10,12,14,19H,1-3,6-7,9,11H2,(H,18,20).